The smallest absolute Gasteiger partial charge is 0.262 e. The fourth-order valence-corrected chi connectivity index (χ4v) is 4.68. The van der Waals surface area contributed by atoms with E-state index < -0.39 is 0 Å². The Balaban J connectivity index is 1.55. The van der Waals surface area contributed by atoms with Gasteiger partial charge in [-0.3, -0.25) is 14.5 Å². The second-order valence-electron chi connectivity index (χ2n) is 9.43. The molecule has 3 heterocycles. The molecule has 2 aliphatic heterocycles. The Morgan fingerprint density at radius 3 is 2.51 bits per heavy atom. The van der Waals surface area contributed by atoms with E-state index in [0.29, 0.717) is 37.7 Å². The minimum absolute atomic E-state index is 0.00460. The lowest BCUT2D eigenvalue weighted by molar-refractivity contribution is -0.143. The van der Waals surface area contributed by atoms with Crippen molar-refractivity contribution in [1.82, 2.24) is 19.4 Å². The molecular formula is C26H34ClN5O3. The fraction of sp³-hybridized carbons (Fsp3) is 0.500. The molecule has 9 heteroatoms. The van der Waals surface area contributed by atoms with Gasteiger partial charge in [-0.15, -0.1) is 0 Å². The van der Waals surface area contributed by atoms with Gasteiger partial charge in [0.05, 0.1) is 30.7 Å². The van der Waals surface area contributed by atoms with Crippen LogP contribution in [0.3, 0.4) is 0 Å². The molecule has 4 rings (SSSR count). The van der Waals surface area contributed by atoms with Crippen molar-refractivity contribution in [2.24, 2.45) is 18.1 Å². The van der Waals surface area contributed by atoms with Gasteiger partial charge in [0.15, 0.2) is 0 Å². The SMILES string of the molecule is CC(C)C(=O)N(CCN1CCOCC1)CC(=O)N1N=C(c2cccn2C)C[C@@H]1c1ccc(Cl)cc1. The number of amides is 2. The Hall–Kier alpha value is -2.68. The predicted molar refractivity (Wildman–Crippen MR) is 136 cm³/mol. The minimum Gasteiger partial charge on any atom is -0.379 e. The van der Waals surface area contributed by atoms with Crippen LogP contribution < -0.4 is 0 Å². The average Bonchev–Trinajstić information content (AvgIpc) is 3.48. The molecular weight excluding hydrogens is 466 g/mol. The number of hydrazone groups is 1. The molecule has 188 valence electrons. The summed E-state index contributed by atoms with van der Waals surface area (Å²) in [6.07, 6.45) is 2.56. The molecule has 0 saturated carbocycles. The van der Waals surface area contributed by atoms with Gasteiger partial charge >= 0.3 is 0 Å². The van der Waals surface area contributed by atoms with Crippen LogP contribution in [-0.4, -0.2) is 82.8 Å². The number of morpholine rings is 1. The van der Waals surface area contributed by atoms with Crippen molar-refractivity contribution in [1.29, 1.82) is 0 Å². The topological polar surface area (TPSA) is 70.4 Å². The van der Waals surface area contributed by atoms with E-state index in [9.17, 15) is 9.59 Å². The summed E-state index contributed by atoms with van der Waals surface area (Å²) in [5, 5.41) is 6.96. The molecule has 8 nitrogen and oxygen atoms in total. The number of nitrogens with zero attached hydrogens (tertiary/aromatic N) is 5. The number of hydrogen-bond donors (Lipinski definition) is 0. The van der Waals surface area contributed by atoms with E-state index in [-0.39, 0.29) is 30.3 Å². The Morgan fingerprint density at radius 2 is 1.89 bits per heavy atom. The number of benzene rings is 1. The highest BCUT2D eigenvalue weighted by molar-refractivity contribution is 6.30. The minimum atomic E-state index is -0.250. The zero-order chi connectivity index (χ0) is 24.9. The van der Waals surface area contributed by atoms with Gasteiger partial charge < -0.3 is 14.2 Å². The van der Waals surface area contributed by atoms with Gasteiger partial charge in [0.25, 0.3) is 5.91 Å². The lowest BCUT2D eigenvalue weighted by Crippen LogP contribution is -2.47. The number of hydrogen-bond acceptors (Lipinski definition) is 5. The van der Waals surface area contributed by atoms with Gasteiger partial charge in [0.2, 0.25) is 5.91 Å². The van der Waals surface area contributed by atoms with Crippen molar-refractivity contribution in [3.8, 4) is 0 Å². The number of carbonyl (C=O) groups is 2. The number of aromatic nitrogens is 1. The highest BCUT2D eigenvalue weighted by Crippen LogP contribution is 2.33. The molecule has 0 N–H and O–H groups in total. The van der Waals surface area contributed by atoms with Crippen LogP contribution in [0.15, 0.2) is 47.7 Å². The van der Waals surface area contributed by atoms with Crippen molar-refractivity contribution in [3.05, 3.63) is 58.9 Å². The first-order valence-corrected chi connectivity index (χ1v) is 12.6. The molecule has 0 spiro atoms. The summed E-state index contributed by atoms with van der Waals surface area (Å²) in [6.45, 7) is 8.02. The first-order valence-electron chi connectivity index (χ1n) is 12.2. The molecule has 35 heavy (non-hydrogen) atoms. The number of halogens is 1. The molecule has 2 amide bonds. The normalized spacial score (nSPS) is 18.7. The van der Waals surface area contributed by atoms with Crippen LogP contribution in [0.4, 0.5) is 0 Å². The van der Waals surface area contributed by atoms with Crippen LogP contribution in [0.5, 0.6) is 0 Å². The van der Waals surface area contributed by atoms with E-state index in [1.165, 1.54) is 0 Å². The summed E-state index contributed by atoms with van der Waals surface area (Å²) in [6, 6.07) is 11.3. The Morgan fingerprint density at radius 1 is 1.17 bits per heavy atom. The Kier molecular flexibility index (Phi) is 8.26. The second-order valence-corrected chi connectivity index (χ2v) is 9.87. The van der Waals surface area contributed by atoms with Crippen LogP contribution in [0.1, 0.15) is 37.6 Å². The van der Waals surface area contributed by atoms with Crippen molar-refractivity contribution in [2.45, 2.75) is 26.3 Å². The third kappa shape index (κ3) is 6.12. The van der Waals surface area contributed by atoms with Crippen molar-refractivity contribution in [3.63, 3.8) is 0 Å². The number of ether oxygens (including phenoxy) is 1. The lowest BCUT2D eigenvalue weighted by atomic mass is 10.0. The molecule has 1 saturated heterocycles. The summed E-state index contributed by atoms with van der Waals surface area (Å²) < 4.78 is 7.43. The third-order valence-electron chi connectivity index (χ3n) is 6.58. The molecule has 2 aliphatic rings. The standard InChI is InChI=1S/C26H34ClN5O3/c1-19(2)26(34)31(12-11-30-13-15-35-16-14-30)18-25(33)32-24(20-6-8-21(27)9-7-20)17-22(28-32)23-5-4-10-29(23)3/h4-10,19,24H,11-18H2,1-3H3/t24-/m1/s1. The van der Waals surface area contributed by atoms with Crippen LogP contribution in [0.25, 0.3) is 0 Å². The highest BCUT2D eigenvalue weighted by atomic mass is 35.5. The summed E-state index contributed by atoms with van der Waals surface area (Å²) >= 11 is 6.11. The molecule has 1 atom stereocenters. The maximum Gasteiger partial charge on any atom is 0.262 e. The Bertz CT molecular complexity index is 1060. The zero-order valence-electron chi connectivity index (χ0n) is 20.7. The quantitative estimate of drug-likeness (QED) is 0.559. The molecule has 1 aromatic heterocycles. The largest absolute Gasteiger partial charge is 0.379 e. The van der Waals surface area contributed by atoms with E-state index in [1.807, 2.05) is 68.1 Å². The van der Waals surface area contributed by atoms with E-state index in [0.717, 1.165) is 30.1 Å². The van der Waals surface area contributed by atoms with Crippen LogP contribution in [-0.2, 0) is 21.4 Å². The molecule has 2 aromatic rings. The molecule has 0 bridgehead atoms. The maximum absolute atomic E-state index is 13.6. The summed E-state index contributed by atoms with van der Waals surface area (Å²) in [4.78, 5) is 30.6. The van der Waals surface area contributed by atoms with E-state index in [2.05, 4.69) is 4.90 Å². The zero-order valence-corrected chi connectivity index (χ0v) is 21.4. The van der Waals surface area contributed by atoms with E-state index in [1.54, 1.807) is 9.91 Å². The Labute approximate surface area is 212 Å². The van der Waals surface area contributed by atoms with Gasteiger partial charge in [0, 0.05) is 56.8 Å². The van der Waals surface area contributed by atoms with E-state index in [4.69, 9.17) is 21.4 Å². The van der Waals surface area contributed by atoms with Gasteiger partial charge in [-0.2, -0.15) is 5.10 Å². The van der Waals surface area contributed by atoms with Crippen LogP contribution >= 0.6 is 11.6 Å². The first-order chi connectivity index (χ1) is 16.8. The fourth-order valence-electron chi connectivity index (χ4n) is 4.56. The average molecular weight is 500 g/mol. The van der Waals surface area contributed by atoms with Gasteiger partial charge in [-0.05, 0) is 29.8 Å². The van der Waals surface area contributed by atoms with E-state index >= 15 is 0 Å². The molecule has 0 aliphatic carbocycles. The highest BCUT2D eigenvalue weighted by Gasteiger charge is 2.35. The summed E-state index contributed by atoms with van der Waals surface area (Å²) in [5.41, 5.74) is 2.79. The second kappa shape index (κ2) is 11.4. The van der Waals surface area contributed by atoms with Crippen molar-refractivity contribution < 1.29 is 14.3 Å². The lowest BCUT2D eigenvalue weighted by Gasteiger charge is -2.31. The number of aryl methyl sites for hydroxylation is 1. The first kappa shape index (κ1) is 25.4. The van der Waals surface area contributed by atoms with Crippen molar-refractivity contribution >= 4 is 29.1 Å². The van der Waals surface area contributed by atoms with Gasteiger partial charge in [0.1, 0.15) is 6.54 Å². The number of rotatable bonds is 8. The molecule has 1 aromatic carbocycles. The van der Waals surface area contributed by atoms with Crippen LogP contribution in [0, 0.1) is 5.92 Å². The summed E-state index contributed by atoms with van der Waals surface area (Å²) in [7, 11) is 1.97. The molecule has 1 fully saturated rings. The van der Waals surface area contributed by atoms with Crippen LogP contribution in [0.2, 0.25) is 5.02 Å². The predicted octanol–water partition coefficient (Wildman–Crippen LogP) is 3.17. The number of carbonyl (C=O) groups excluding carboxylic acids is 2. The van der Waals surface area contributed by atoms with Crippen molar-refractivity contribution in [2.75, 3.05) is 45.9 Å². The maximum atomic E-state index is 13.6. The third-order valence-corrected chi connectivity index (χ3v) is 6.83. The van der Waals surface area contributed by atoms with Gasteiger partial charge in [-0.25, -0.2) is 5.01 Å². The summed E-state index contributed by atoms with van der Waals surface area (Å²) in [5.74, 6) is -0.411. The molecule has 0 unspecified atom stereocenters. The van der Waals surface area contributed by atoms with Gasteiger partial charge in [-0.1, -0.05) is 37.6 Å². The monoisotopic (exact) mass is 499 g/mol. The molecule has 0 radical (unpaired) electrons.